The minimum Gasteiger partial charge on any atom is -0.480 e. The number of hydrogen-bond donors (Lipinski definition) is 2. The van der Waals surface area contributed by atoms with Crippen LogP contribution in [-0.2, 0) is 26.0 Å². The lowest BCUT2D eigenvalue weighted by Gasteiger charge is -2.14. The highest BCUT2D eigenvalue weighted by Crippen LogP contribution is 2.02. The first-order valence-electron chi connectivity index (χ1n) is 6.05. The number of nitrogens with zero attached hydrogens (tertiary/aromatic N) is 1. The van der Waals surface area contributed by atoms with Gasteiger partial charge in [0.1, 0.15) is 6.04 Å². The summed E-state index contributed by atoms with van der Waals surface area (Å²) in [6, 6.07) is 2.27. The number of carboxylic acids is 1. The monoisotopic (exact) mass is 302 g/mol. The van der Waals surface area contributed by atoms with E-state index >= 15 is 0 Å². The molecule has 0 aliphatic rings. The Bertz CT molecular complexity index is 518. The number of hydrogen-bond acceptors (Lipinski definition) is 5. The van der Waals surface area contributed by atoms with Gasteiger partial charge in [-0.2, -0.15) is 0 Å². The van der Waals surface area contributed by atoms with Crippen LogP contribution in [0, 0.1) is 0 Å². The van der Waals surface area contributed by atoms with Crippen LogP contribution in [0.2, 0.25) is 0 Å². The molecule has 112 valence electrons. The normalized spacial score (nSPS) is 13.1. The number of pyridine rings is 1. The molecule has 7 nitrogen and oxygen atoms in total. The molecule has 1 rings (SSSR count). The second-order valence-electron chi connectivity index (χ2n) is 4.21. The van der Waals surface area contributed by atoms with Crippen LogP contribution in [0.25, 0.3) is 0 Å². The number of carbonyl (C=O) groups is 1. The summed E-state index contributed by atoms with van der Waals surface area (Å²) in [5.74, 6) is -1.39. The van der Waals surface area contributed by atoms with Gasteiger partial charge >= 0.3 is 5.97 Å². The molecule has 0 bridgehead atoms. The zero-order valence-corrected chi connectivity index (χ0v) is 12.0. The predicted molar refractivity (Wildman–Crippen MR) is 72.8 cm³/mol. The highest BCUT2D eigenvalue weighted by atomic mass is 32.2. The molecule has 0 aliphatic carbocycles. The summed E-state index contributed by atoms with van der Waals surface area (Å²) in [7, 11) is -2.23. The van der Waals surface area contributed by atoms with Gasteiger partial charge < -0.3 is 9.84 Å². The number of rotatable bonds is 9. The number of ether oxygens (including phenoxy) is 1. The Morgan fingerprint density at radius 1 is 1.45 bits per heavy atom. The van der Waals surface area contributed by atoms with Crippen LogP contribution in [0.5, 0.6) is 0 Å². The van der Waals surface area contributed by atoms with Crippen molar-refractivity contribution in [3.63, 3.8) is 0 Å². The average Bonchev–Trinajstić information content (AvgIpc) is 2.42. The van der Waals surface area contributed by atoms with E-state index in [2.05, 4.69) is 9.71 Å². The summed E-state index contributed by atoms with van der Waals surface area (Å²) >= 11 is 0. The van der Waals surface area contributed by atoms with Crippen LogP contribution in [-0.4, -0.2) is 50.0 Å². The van der Waals surface area contributed by atoms with E-state index in [0.717, 1.165) is 5.56 Å². The molecule has 20 heavy (non-hydrogen) atoms. The average molecular weight is 302 g/mol. The lowest BCUT2D eigenvalue weighted by atomic mass is 10.2. The van der Waals surface area contributed by atoms with Gasteiger partial charge in [-0.1, -0.05) is 0 Å². The maximum atomic E-state index is 11.9. The molecule has 0 aliphatic heterocycles. The predicted octanol–water partition coefficient (Wildman–Crippen LogP) is 0.0332. The summed E-state index contributed by atoms with van der Waals surface area (Å²) in [6.45, 7) is 0.170. The summed E-state index contributed by atoms with van der Waals surface area (Å²) in [5, 5.41) is 8.96. The molecule has 0 aromatic carbocycles. The highest BCUT2D eigenvalue weighted by molar-refractivity contribution is 7.89. The van der Waals surface area contributed by atoms with Crippen LogP contribution in [0.3, 0.4) is 0 Å². The Morgan fingerprint density at radius 3 is 2.65 bits per heavy atom. The molecular weight excluding hydrogens is 284 g/mol. The van der Waals surface area contributed by atoms with Gasteiger partial charge in [0.25, 0.3) is 0 Å². The molecule has 8 heteroatoms. The fourth-order valence-corrected chi connectivity index (χ4v) is 2.82. The minimum absolute atomic E-state index is 0.0837. The first-order valence-corrected chi connectivity index (χ1v) is 7.70. The van der Waals surface area contributed by atoms with E-state index in [-0.39, 0.29) is 18.8 Å². The first kappa shape index (κ1) is 16.5. The third kappa shape index (κ3) is 6.09. The van der Waals surface area contributed by atoms with Gasteiger partial charge in [-0.05, 0) is 30.5 Å². The number of aliphatic carboxylic acids is 1. The Hall–Kier alpha value is -1.51. The molecule has 0 radical (unpaired) electrons. The molecule has 0 saturated carbocycles. The highest BCUT2D eigenvalue weighted by Gasteiger charge is 2.23. The topological polar surface area (TPSA) is 106 Å². The SMILES string of the molecule is COCCC(NS(=O)(=O)CCc1ccncc1)C(=O)O. The third-order valence-corrected chi connectivity index (χ3v) is 4.02. The molecular formula is C12H18N2O5S. The number of aryl methyl sites for hydroxylation is 1. The summed E-state index contributed by atoms with van der Waals surface area (Å²) in [6.07, 6.45) is 3.54. The van der Waals surface area contributed by atoms with Crippen LogP contribution in [0.15, 0.2) is 24.5 Å². The molecule has 0 saturated heterocycles. The van der Waals surface area contributed by atoms with Gasteiger partial charge in [-0.15, -0.1) is 0 Å². The van der Waals surface area contributed by atoms with Crippen molar-refractivity contribution in [1.29, 1.82) is 0 Å². The second-order valence-corrected chi connectivity index (χ2v) is 6.09. The zero-order chi connectivity index (χ0) is 15.0. The van der Waals surface area contributed by atoms with Gasteiger partial charge in [0.2, 0.25) is 10.0 Å². The van der Waals surface area contributed by atoms with Gasteiger partial charge in [0, 0.05) is 26.1 Å². The largest absolute Gasteiger partial charge is 0.480 e. The van der Waals surface area contributed by atoms with Crippen LogP contribution in [0.1, 0.15) is 12.0 Å². The summed E-state index contributed by atoms with van der Waals surface area (Å²) < 4.78 is 30.6. The van der Waals surface area contributed by atoms with Gasteiger partial charge in [-0.25, -0.2) is 13.1 Å². The van der Waals surface area contributed by atoms with Crippen molar-refractivity contribution >= 4 is 16.0 Å². The number of aromatic nitrogens is 1. The molecule has 1 aromatic rings. The zero-order valence-electron chi connectivity index (χ0n) is 11.2. The van der Waals surface area contributed by atoms with Crippen molar-refractivity contribution in [1.82, 2.24) is 9.71 Å². The van der Waals surface area contributed by atoms with Crippen molar-refractivity contribution in [3.8, 4) is 0 Å². The Kier molecular flexibility index (Phi) is 6.56. The lowest BCUT2D eigenvalue weighted by molar-refractivity contribution is -0.139. The van der Waals surface area contributed by atoms with Crippen molar-refractivity contribution in [2.75, 3.05) is 19.5 Å². The molecule has 2 N–H and O–H groups in total. The van der Waals surface area contributed by atoms with E-state index in [9.17, 15) is 13.2 Å². The number of methoxy groups -OCH3 is 1. The number of carboxylic acid groups (broad SMARTS) is 1. The van der Waals surface area contributed by atoms with E-state index in [4.69, 9.17) is 9.84 Å². The van der Waals surface area contributed by atoms with Gasteiger partial charge in [-0.3, -0.25) is 9.78 Å². The standard InChI is InChI=1S/C12H18N2O5S/c1-19-8-4-11(12(15)16)14-20(17,18)9-5-10-2-6-13-7-3-10/h2-3,6-7,11,14H,4-5,8-9H2,1H3,(H,15,16). The number of sulfonamides is 1. The van der Waals surface area contributed by atoms with Crippen LogP contribution >= 0.6 is 0 Å². The molecule has 1 heterocycles. The van der Waals surface area contributed by atoms with Crippen molar-refractivity contribution in [2.24, 2.45) is 0 Å². The van der Waals surface area contributed by atoms with E-state index in [0.29, 0.717) is 6.42 Å². The second kappa shape index (κ2) is 7.93. The summed E-state index contributed by atoms with van der Waals surface area (Å²) in [5.41, 5.74) is 0.828. The van der Waals surface area contributed by atoms with Crippen LogP contribution < -0.4 is 4.72 Å². The van der Waals surface area contributed by atoms with E-state index in [1.54, 1.807) is 24.5 Å². The Labute approximate surface area is 118 Å². The van der Waals surface area contributed by atoms with Gasteiger partial charge in [0.05, 0.1) is 5.75 Å². The maximum Gasteiger partial charge on any atom is 0.321 e. The third-order valence-electron chi connectivity index (χ3n) is 2.64. The van der Waals surface area contributed by atoms with Crippen LogP contribution in [0.4, 0.5) is 0 Å². The van der Waals surface area contributed by atoms with Crippen molar-refractivity contribution < 1.29 is 23.1 Å². The Morgan fingerprint density at radius 2 is 2.10 bits per heavy atom. The quantitative estimate of drug-likeness (QED) is 0.667. The molecule has 0 spiro atoms. The van der Waals surface area contributed by atoms with Gasteiger partial charge in [0.15, 0.2) is 0 Å². The lowest BCUT2D eigenvalue weighted by Crippen LogP contribution is -2.42. The maximum absolute atomic E-state index is 11.9. The molecule has 1 atom stereocenters. The molecule has 0 amide bonds. The summed E-state index contributed by atoms with van der Waals surface area (Å²) in [4.78, 5) is 14.8. The van der Waals surface area contributed by atoms with E-state index in [1.807, 2.05) is 0 Å². The van der Waals surface area contributed by atoms with E-state index < -0.39 is 22.0 Å². The molecule has 1 unspecified atom stereocenters. The smallest absolute Gasteiger partial charge is 0.321 e. The number of nitrogens with one attached hydrogen (secondary N) is 1. The fraction of sp³-hybridized carbons (Fsp3) is 0.500. The van der Waals surface area contributed by atoms with Crippen molar-refractivity contribution in [2.45, 2.75) is 18.9 Å². The fourth-order valence-electron chi connectivity index (χ4n) is 1.55. The van der Waals surface area contributed by atoms with E-state index in [1.165, 1.54) is 7.11 Å². The molecule has 0 fully saturated rings. The van der Waals surface area contributed by atoms with Crippen molar-refractivity contribution in [3.05, 3.63) is 30.1 Å². The first-order chi connectivity index (χ1) is 9.44. The molecule has 1 aromatic heterocycles. The minimum atomic E-state index is -3.66. The Balaban J connectivity index is 2.56.